The molecule has 0 radical (unpaired) electrons. The van der Waals surface area contributed by atoms with E-state index in [-0.39, 0.29) is 18.0 Å². The van der Waals surface area contributed by atoms with E-state index >= 15 is 0 Å². The van der Waals surface area contributed by atoms with Gasteiger partial charge >= 0.3 is 0 Å². The topological polar surface area (TPSA) is 54.7 Å². The number of hydrogen-bond donors (Lipinski definition) is 0. The summed E-state index contributed by atoms with van der Waals surface area (Å²) in [5.41, 5.74) is 3.35. The van der Waals surface area contributed by atoms with Gasteiger partial charge in [-0.05, 0) is 43.3 Å². The Bertz CT molecular complexity index is 1040. The first-order valence-electron chi connectivity index (χ1n) is 8.09. The van der Waals surface area contributed by atoms with Crippen LogP contribution in [0.1, 0.15) is 27.3 Å². The molecule has 1 aliphatic rings. The molecule has 126 valence electrons. The van der Waals surface area contributed by atoms with Crippen molar-refractivity contribution in [3.8, 4) is 0 Å². The van der Waals surface area contributed by atoms with Crippen molar-refractivity contribution in [1.29, 1.82) is 0 Å². The molecular weight excluding hydrogens is 338 g/mol. The van der Waals surface area contributed by atoms with E-state index in [1.165, 1.54) is 0 Å². The fourth-order valence-corrected chi connectivity index (χ4v) is 3.37. The van der Waals surface area contributed by atoms with E-state index in [2.05, 4.69) is 4.98 Å². The van der Waals surface area contributed by atoms with Crippen LogP contribution in [0.25, 0.3) is 5.65 Å². The predicted octanol–water partition coefficient (Wildman–Crippen LogP) is 2.85. The molecule has 3 heterocycles. The Hall–Kier alpha value is -2.66. The minimum Gasteiger partial charge on any atom is -0.334 e. The average molecular weight is 354 g/mol. The van der Waals surface area contributed by atoms with Crippen LogP contribution in [0.4, 0.5) is 0 Å². The zero-order valence-corrected chi connectivity index (χ0v) is 14.5. The van der Waals surface area contributed by atoms with E-state index in [0.29, 0.717) is 34.8 Å². The van der Waals surface area contributed by atoms with Crippen molar-refractivity contribution < 1.29 is 4.79 Å². The lowest BCUT2D eigenvalue weighted by Gasteiger charge is -2.28. The van der Waals surface area contributed by atoms with Crippen molar-refractivity contribution in [2.75, 3.05) is 6.54 Å². The summed E-state index contributed by atoms with van der Waals surface area (Å²) in [7, 11) is 0. The maximum Gasteiger partial charge on any atom is 0.263 e. The Morgan fingerprint density at radius 1 is 1.16 bits per heavy atom. The number of carbonyl (C=O) groups excluding carboxylic acids is 1. The number of aromatic nitrogens is 2. The number of halogens is 1. The van der Waals surface area contributed by atoms with Crippen LogP contribution in [0.3, 0.4) is 0 Å². The number of nitrogens with zero attached hydrogens (tertiary/aromatic N) is 3. The molecule has 5 nitrogen and oxygen atoms in total. The molecule has 25 heavy (non-hydrogen) atoms. The van der Waals surface area contributed by atoms with Crippen LogP contribution in [-0.4, -0.2) is 26.7 Å². The summed E-state index contributed by atoms with van der Waals surface area (Å²) in [6.07, 6.45) is 0.578. The normalized spacial score (nSPS) is 13.8. The highest BCUT2D eigenvalue weighted by atomic mass is 35.5. The first-order chi connectivity index (χ1) is 12.0. The fourth-order valence-electron chi connectivity index (χ4n) is 3.24. The summed E-state index contributed by atoms with van der Waals surface area (Å²) in [6, 6.07) is 12.4. The summed E-state index contributed by atoms with van der Waals surface area (Å²) in [6.45, 7) is 2.70. The number of pyridine rings is 1. The van der Waals surface area contributed by atoms with Crippen molar-refractivity contribution in [2.45, 2.75) is 19.9 Å². The number of benzene rings is 1. The first-order valence-corrected chi connectivity index (χ1v) is 8.47. The van der Waals surface area contributed by atoms with E-state index in [0.717, 1.165) is 11.4 Å². The first kappa shape index (κ1) is 15.8. The molecule has 1 aliphatic heterocycles. The molecule has 0 aliphatic carbocycles. The minimum atomic E-state index is -0.100. The van der Waals surface area contributed by atoms with E-state index in [1.54, 1.807) is 33.6 Å². The molecule has 0 spiro atoms. The van der Waals surface area contributed by atoms with Gasteiger partial charge in [0.2, 0.25) is 0 Å². The van der Waals surface area contributed by atoms with Gasteiger partial charge < -0.3 is 4.90 Å². The highest BCUT2D eigenvalue weighted by molar-refractivity contribution is 6.30. The second kappa shape index (κ2) is 6.01. The number of carbonyl (C=O) groups is 1. The lowest BCUT2D eigenvalue weighted by molar-refractivity contribution is 0.0732. The summed E-state index contributed by atoms with van der Waals surface area (Å²) < 4.78 is 1.61. The molecule has 3 aromatic rings. The summed E-state index contributed by atoms with van der Waals surface area (Å²) in [4.78, 5) is 31.9. The van der Waals surface area contributed by atoms with Crippen LogP contribution in [0.5, 0.6) is 0 Å². The number of amides is 1. The van der Waals surface area contributed by atoms with Crippen LogP contribution in [0.15, 0.2) is 47.3 Å². The summed E-state index contributed by atoms with van der Waals surface area (Å²) >= 11 is 5.88. The molecule has 4 rings (SSSR count). The third-order valence-corrected chi connectivity index (χ3v) is 4.82. The average Bonchev–Trinajstić information content (AvgIpc) is 2.62. The van der Waals surface area contributed by atoms with Gasteiger partial charge in [-0.2, -0.15) is 0 Å². The standard InChI is InChI=1S/C19H16ClN3O2/c1-12-3-2-4-17-21-16-9-10-22(11-15(16)19(25)23(12)17)18(24)13-5-7-14(20)8-6-13/h2-8H,9-11H2,1H3. The Labute approximate surface area is 149 Å². The van der Waals surface area contributed by atoms with Gasteiger partial charge in [-0.25, -0.2) is 4.98 Å². The van der Waals surface area contributed by atoms with Crippen molar-refractivity contribution in [2.24, 2.45) is 0 Å². The number of hydrogen-bond acceptors (Lipinski definition) is 3. The molecule has 2 aromatic heterocycles. The van der Waals surface area contributed by atoms with E-state index in [9.17, 15) is 9.59 Å². The smallest absolute Gasteiger partial charge is 0.263 e. The molecule has 6 heteroatoms. The third kappa shape index (κ3) is 2.70. The molecule has 1 amide bonds. The van der Waals surface area contributed by atoms with Crippen LogP contribution < -0.4 is 5.56 Å². The van der Waals surface area contributed by atoms with Crippen molar-refractivity contribution in [1.82, 2.24) is 14.3 Å². The summed E-state index contributed by atoms with van der Waals surface area (Å²) in [5, 5.41) is 0.588. The summed E-state index contributed by atoms with van der Waals surface area (Å²) in [5.74, 6) is -0.100. The minimum absolute atomic E-state index is 0.0910. The van der Waals surface area contributed by atoms with Crippen molar-refractivity contribution in [3.63, 3.8) is 0 Å². The number of rotatable bonds is 1. The third-order valence-electron chi connectivity index (χ3n) is 4.57. The van der Waals surface area contributed by atoms with E-state index < -0.39 is 0 Å². The molecule has 1 aromatic carbocycles. The molecule has 0 saturated carbocycles. The molecular formula is C19H16ClN3O2. The maximum absolute atomic E-state index is 12.9. The second-order valence-electron chi connectivity index (χ2n) is 6.19. The molecule has 0 N–H and O–H groups in total. The Morgan fingerprint density at radius 3 is 2.68 bits per heavy atom. The lowest BCUT2D eigenvalue weighted by atomic mass is 10.1. The van der Waals surface area contributed by atoms with Crippen molar-refractivity contribution >= 4 is 23.2 Å². The van der Waals surface area contributed by atoms with Crippen LogP contribution in [0.2, 0.25) is 5.02 Å². The van der Waals surface area contributed by atoms with Gasteiger partial charge in [0, 0.05) is 29.2 Å². The predicted molar refractivity (Wildman–Crippen MR) is 96.1 cm³/mol. The Kier molecular flexibility index (Phi) is 3.81. The SMILES string of the molecule is Cc1cccc2nc3c(c(=O)n12)CN(C(=O)c1ccc(Cl)cc1)CC3. The lowest BCUT2D eigenvalue weighted by Crippen LogP contribution is -2.40. The largest absolute Gasteiger partial charge is 0.334 e. The van der Waals surface area contributed by atoms with E-state index in [1.807, 2.05) is 25.1 Å². The van der Waals surface area contributed by atoms with Gasteiger partial charge in [0.15, 0.2) is 0 Å². The molecule has 0 saturated heterocycles. The second-order valence-corrected chi connectivity index (χ2v) is 6.62. The van der Waals surface area contributed by atoms with Gasteiger partial charge in [-0.3, -0.25) is 14.0 Å². The zero-order chi connectivity index (χ0) is 17.6. The van der Waals surface area contributed by atoms with Gasteiger partial charge in [-0.1, -0.05) is 17.7 Å². The molecule has 0 unspecified atom stereocenters. The zero-order valence-electron chi connectivity index (χ0n) is 13.7. The number of aryl methyl sites for hydroxylation is 1. The van der Waals surface area contributed by atoms with E-state index in [4.69, 9.17) is 11.6 Å². The molecule has 0 atom stereocenters. The highest BCUT2D eigenvalue weighted by Crippen LogP contribution is 2.19. The fraction of sp³-hybridized carbons (Fsp3) is 0.211. The van der Waals surface area contributed by atoms with Crippen molar-refractivity contribution in [3.05, 3.63) is 80.4 Å². The quantitative estimate of drug-likeness (QED) is 0.676. The molecule has 0 bridgehead atoms. The highest BCUT2D eigenvalue weighted by Gasteiger charge is 2.25. The monoisotopic (exact) mass is 353 g/mol. The molecule has 0 fully saturated rings. The van der Waals surface area contributed by atoms with Gasteiger partial charge in [0.25, 0.3) is 11.5 Å². The van der Waals surface area contributed by atoms with Gasteiger partial charge in [0.1, 0.15) is 5.65 Å². The maximum atomic E-state index is 12.9. The Balaban J connectivity index is 1.73. The van der Waals surface area contributed by atoms with Crippen LogP contribution in [0, 0.1) is 6.92 Å². The van der Waals surface area contributed by atoms with Crippen LogP contribution >= 0.6 is 11.6 Å². The van der Waals surface area contributed by atoms with Gasteiger partial charge in [-0.15, -0.1) is 0 Å². The van der Waals surface area contributed by atoms with Crippen LogP contribution in [-0.2, 0) is 13.0 Å². The Morgan fingerprint density at radius 2 is 1.92 bits per heavy atom. The number of fused-ring (bicyclic) bond motifs is 2. The van der Waals surface area contributed by atoms with Gasteiger partial charge in [0.05, 0.1) is 17.8 Å².